The second kappa shape index (κ2) is 14.2. The fourth-order valence-electron chi connectivity index (χ4n) is 4.09. The summed E-state index contributed by atoms with van der Waals surface area (Å²) in [6.07, 6.45) is 1.49. The van der Waals surface area contributed by atoms with Crippen molar-refractivity contribution in [2.24, 2.45) is 11.8 Å². The molecule has 0 aromatic heterocycles. The van der Waals surface area contributed by atoms with Gasteiger partial charge in [0.15, 0.2) is 0 Å². The molecule has 3 N–H and O–H groups in total. The van der Waals surface area contributed by atoms with E-state index in [9.17, 15) is 19.5 Å². The van der Waals surface area contributed by atoms with E-state index in [-0.39, 0.29) is 35.6 Å². The molecule has 210 valence electrons. The van der Waals surface area contributed by atoms with Gasteiger partial charge in [-0.1, -0.05) is 46.2 Å². The summed E-state index contributed by atoms with van der Waals surface area (Å²) in [5, 5.41) is 15.9. The highest BCUT2D eigenvalue weighted by Crippen LogP contribution is 2.30. The molecule has 1 aromatic carbocycles. The lowest BCUT2D eigenvalue weighted by atomic mass is 9.93. The normalized spacial score (nSPS) is 15.0. The second-order valence-electron chi connectivity index (χ2n) is 11.7. The molecule has 8 heteroatoms. The van der Waals surface area contributed by atoms with Crippen LogP contribution in [0, 0.1) is 11.8 Å². The average Bonchev–Trinajstić information content (AvgIpc) is 2.76. The van der Waals surface area contributed by atoms with Crippen LogP contribution in [-0.2, 0) is 14.3 Å². The zero-order valence-corrected chi connectivity index (χ0v) is 24.4. The Hall–Kier alpha value is -2.77. The van der Waals surface area contributed by atoms with Gasteiger partial charge in [0.1, 0.15) is 23.4 Å². The molecule has 0 bridgehead atoms. The van der Waals surface area contributed by atoms with Crippen molar-refractivity contribution in [1.82, 2.24) is 15.5 Å². The molecule has 37 heavy (non-hydrogen) atoms. The van der Waals surface area contributed by atoms with Crippen LogP contribution in [0.2, 0.25) is 0 Å². The van der Waals surface area contributed by atoms with Crippen LogP contribution >= 0.6 is 0 Å². The molecule has 0 fully saturated rings. The summed E-state index contributed by atoms with van der Waals surface area (Å²) >= 11 is 0. The van der Waals surface area contributed by atoms with Crippen molar-refractivity contribution in [3.63, 3.8) is 0 Å². The highest BCUT2D eigenvalue weighted by molar-refractivity contribution is 5.92. The largest absolute Gasteiger partial charge is 0.508 e. The zero-order chi connectivity index (χ0) is 28.5. The number of alkyl carbamates (subject to hydrolysis) is 1. The van der Waals surface area contributed by atoms with Crippen LogP contribution in [0.4, 0.5) is 4.79 Å². The van der Waals surface area contributed by atoms with Gasteiger partial charge in [0, 0.05) is 12.1 Å². The molecule has 0 radical (unpaired) electrons. The van der Waals surface area contributed by atoms with Crippen LogP contribution in [0.3, 0.4) is 0 Å². The molecule has 4 atom stereocenters. The Bertz CT molecular complexity index is 894. The smallest absolute Gasteiger partial charge is 0.408 e. The van der Waals surface area contributed by atoms with Crippen molar-refractivity contribution in [3.05, 3.63) is 29.8 Å². The second-order valence-corrected chi connectivity index (χ2v) is 11.7. The van der Waals surface area contributed by atoms with Crippen molar-refractivity contribution >= 4 is 17.9 Å². The molecule has 0 spiro atoms. The molecular formula is C29H49N3O5. The third kappa shape index (κ3) is 10.6. The van der Waals surface area contributed by atoms with Crippen molar-refractivity contribution in [1.29, 1.82) is 0 Å². The first-order valence-corrected chi connectivity index (χ1v) is 13.5. The third-order valence-corrected chi connectivity index (χ3v) is 6.19. The number of benzene rings is 1. The standard InChI is InChI=1S/C29H49N3O5/c1-11-20(6)24(31-28(36)37-29(8,9)10)27(35)32(21(7)16-15-18(2)3)25(26(34)30-19(4)5)22-13-12-14-23(33)17-22/h12-14,17-21,24-25,33H,11,15-16H2,1-10H3,(H,30,34)(H,31,36). The molecule has 0 aliphatic heterocycles. The van der Waals surface area contributed by atoms with E-state index in [2.05, 4.69) is 24.5 Å². The summed E-state index contributed by atoms with van der Waals surface area (Å²) < 4.78 is 5.46. The Kier molecular flexibility index (Phi) is 12.4. The molecule has 3 amide bonds. The summed E-state index contributed by atoms with van der Waals surface area (Å²) in [6, 6.07) is 4.09. The molecule has 0 saturated carbocycles. The molecule has 0 heterocycles. The number of phenols is 1. The van der Waals surface area contributed by atoms with E-state index in [0.29, 0.717) is 24.3 Å². The van der Waals surface area contributed by atoms with Crippen LogP contribution in [0.1, 0.15) is 100 Å². The van der Waals surface area contributed by atoms with E-state index in [1.807, 2.05) is 34.6 Å². The first-order valence-electron chi connectivity index (χ1n) is 13.5. The minimum atomic E-state index is -0.990. The first-order chi connectivity index (χ1) is 17.1. The van der Waals surface area contributed by atoms with Gasteiger partial charge < -0.3 is 25.4 Å². The third-order valence-electron chi connectivity index (χ3n) is 6.19. The topological polar surface area (TPSA) is 108 Å². The van der Waals surface area contributed by atoms with Crippen LogP contribution in [0.15, 0.2) is 24.3 Å². The van der Waals surface area contributed by atoms with E-state index >= 15 is 0 Å². The lowest BCUT2D eigenvalue weighted by Crippen LogP contribution is -2.57. The summed E-state index contributed by atoms with van der Waals surface area (Å²) in [5.74, 6) is -0.493. The summed E-state index contributed by atoms with van der Waals surface area (Å²) in [4.78, 5) is 42.3. The Balaban J connectivity index is 3.64. The van der Waals surface area contributed by atoms with Gasteiger partial charge in [0.25, 0.3) is 0 Å². The predicted octanol–water partition coefficient (Wildman–Crippen LogP) is 5.55. The molecule has 4 unspecified atom stereocenters. The van der Waals surface area contributed by atoms with E-state index < -0.39 is 23.8 Å². The predicted molar refractivity (Wildman–Crippen MR) is 147 cm³/mol. The number of ether oxygens (including phenoxy) is 1. The fraction of sp³-hybridized carbons (Fsp3) is 0.690. The number of aromatic hydroxyl groups is 1. The molecule has 1 aromatic rings. The quantitative estimate of drug-likeness (QED) is 0.335. The number of hydrogen-bond acceptors (Lipinski definition) is 5. The molecule has 0 aliphatic rings. The number of nitrogens with one attached hydrogen (secondary N) is 2. The SMILES string of the molecule is CCC(C)C(NC(=O)OC(C)(C)C)C(=O)N(C(C)CCC(C)C)C(C(=O)NC(C)C)c1cccc(O)c1. The molecule has 1 rings (SSSR count). The van der Waals surface area contributed by atoms with Gasteiger partial charge in [-0.25, -0.2) is 4.79 Å². The fourth-order valence-corrected chi connectivity index (χ4v) is 4.09. The van der Waals surface area contributed by atoms with Crippen molar-refractivity contribution in [2.45, 2.75) is 118 Å². The number of phenolic OH excluding ortho intramolecular Hbond substituents is 1. The highest BCUT2D eigenvalue weighted by Gasteiger charge is 2.40. The summed E-state index contributed by atoms with van der Waals surface area (Å²) in [7, 11) is 0. The molecule has 0 saturated heterocycles. The summed E-state index contributed by atoms with van der Waals surface area (Å²) in [5.41, 5.74) is -0.221. The number of nitrogens with zero attached hydrogens (tertiary/aromatic N) is 1. The van der Waals surface area contributed by atoms with Crippen LogP contribution < -0.4 is 10.6 Å². The van der Waals surface area contributed by atoms with Crippen molar-refractivity contribution < 1.29 is 24.2 Å². The first kappa shape index (κ1) is 32.3. The Morgan fingerprint density at radius 1 is 1.00 bits per heavy atom. The number of carbonyl (C=O) groups excluding carboxylic acids is 3. The van der Waals surface area contributed by atoms with Crippen molar-refractivity contribution in [3.8, 4) is 5.75 Å². The van der Waals surface area contributed by atoms with E-state index in [1.165, 1.54) is 12.1 Å². The van der Waals surface area contributed by atoms with Gasteiger partial charge in [-0.05, 0) is 83.9 Å². The van der Waals surface area contributed by atoms with Gasteiger partial charge in [0.2, 0.25) is 11.8 Å². The summed E-state index contributed by atoms with van der Waals surface area (Å²) in [6.45, 7) is 19.0. The number of carbonyl (C=O) groups is 3. The lowest BCUT2D eigenvalue weighted by molar-refractivity contribution is -0.146. The van der Waals surface area contributed by atoms with E-state index in [0.717, 1.165) is 6.42 Å². The zero-order valence-electron chi connectivity index (χ0n) is 24.4. The van der Waals surface area contributed by atoms with Gasteiger partial charge in [0.05, 0.1) is 0 Å². The molecular weight excluding hydrogens is 470 g/mol. The van der Waals surface area contributed by atoms with Crippen LogP contribution in [0.5, 0.6) is 5.75 Å². The van der Waals surface area contributed by atoms with Crippen LogP contribution in [-0.4, -0.2) is 51.6 Å². The monoisotopic (exact) mass is 519 g/mol. The Morgan fingerprint density at radius 2 is 1.62 bits per heavy atom. The van der Waals surface area contributed by atoms with Gasteiger partial charge >= 0.3 is 6.09 Å². The minimum absolute atomic E-state index is 0.00688. The molecule has 8 nitrogen and oxygen atoms in total. The number of amides is 3. The van der Waals surface area contributed by atoms with Crippen LogP contribution in [0.25, 0.3) is 0 Å². The van der Waals surface area contributed by atoms with Gasteiger partial charge in [-0.3, -0.25) is 9.59 Å². The van der Waals surface area contributed by atoms with Gasteiger partial charge in [-0.15, -0.1) is 0 Å². The minimum Gasteiger partial charge on any atom is -0.508 e. The Morgan fingerprint density at radius 3 is 2.11 bits per heavy atom. The maximum absolute atomic E-state index is 14.3. The van der Waals surface area contributed by atoms with Gasteiger partial charge in [-0.2, -0.15) is 0 Å². The van der Waals surface area contributed by atoms with Crippen molar-refractivity contribution in [2.75, 3.05) is 0 Å². The average molecular weight is 520 g/mol. The number of hydrogen-bond donors (Lipinski definition) is 3. The maximum Gasteiger partial charge on any atom is 0.408 e. The number of rotatable bonds is 12. The Labute approximate surface area is 223 Å². The van der Waals surface area contributed by atoms with E-state index in [1.54, 1.807) is 37.8 Å². The highest BCUT2D eigenvalue weighted by atomic mass is 16.6. The lowest BCUT2D eigenvalue weighted by Gasteiger charge is -2.40. The maximum atomic E-state index is 14.3. The molecule has 0 aliphatic carbocycles. The van der Waals surface area contributed by atoms with E-state index in [4.69, 9.17) is 4.74 Å².